The van der Waals surface area contributed by atoms with Crippen molar-refractivity contribution in [2.75, 3.05) is 14.2 Å². The maximum atomic E-state index is 6.13. The summed E-state index contributed by atoms with van der Waals surface area (Å²) in [5.74, 6) is 0.745. The van der Waals surface area contributed by atoms with E-state index < -0.39 is 6.72 Å². The SMILES string of the molecule is COP(=S)(OC)OC1C2(C)CCC(C2)C1(C)C. The third-order valence-electron chi connectivity index (χ3n) is 4.82. The van der Waals surface area contributed by atoms with E-state index in [9.17, 15) is 0 Å². The summed E-state index contributed by atoms with van der Waals surface area (Å²) in [6.07, 6.45) is 3.94. The molecule has 0 aromatic rings. The molecule has 2 bridgehead atoms. The molecule has 100 valence electrons. The maximum Gasteiger partial charge on any atom is 0.326 e. The molecule has 0 saturated heterocycles. The van der Waals surface area contributed by atoms with Gasteiger partial charge in [0.2, 0.25) is 0 Å². The van der Waals surface area contributed by atoms with Crippen LogP contribution in [0.3, 0.4) is 0 Å². The van der Waals surface area contributed by atoms with E-state index in [1.54, 1.807) is 14.2 Å². The van der Waals surface area contributed by atoms with Crippen LogP contribution in [0, 0.1) is 16.7 Å². The molecule has 0 aromatic heterocycles. The Morgan fingerprint density at radius 2 is 1.76 bits per heavy atom. The zero-order valence-corrected chi connectivity index (χ0v) is 13.1. The molecule has 0 N–H and O–H groups in total. The third-order valence-corrected chi connectivity index (χ3v) is 7.34. The van der Waals surface area contributed by atoms with Crippen LogP contribution >= 0.6 is 6.72 Å². The molecular formula is C12H23O3PS. The van der Waals surface area contributed by atoms with Crippen LogP contribution in [0.15, 0.2) is 0 Å². The van der Waals surface area contributed by atoms with E-state index in [4.69, 9.17) is 25.4 Å². The highest BCUT2D eigenvalue weighted by Gasteiger charge is 2.61. The summed E-state index contributed by atoms with van der Waals surface area (Å²) >= 11 is 5.35. The predicted molar refractivity (Wildman–Crippen MR) is 72.4 cm³/mol. The summed E-state index contributed by atoms with van der Waals surface area (Å²) in [6.45, 7) is 4.35. The van der Waals surface area contributed by atoms with Crippen LogP contribution < -0.4 is 0 Å². The molecule has 17 heavy (non-hydrogen) atoms. The monoisotopic (exact) mass is 278 g/mol. The first kappa shape index (κ1) is 14.0. The molecule has 2 fully saturated rings. The standard InChI is InChI=1S/C12H23O3PS/c1-11(2)9-6-7-12(3,8-9)10(11)15-16(17,13-4)14-5/h9-10H,6-8H2,1-5H3. The lowest BCUT2D eigenvalue weighted by molar-refractivity contribution is -0.0265. The first-order chi connectivity index (χ1) is 7.77. The highest BCUT2D eigenvalue weighted by molar-refractivity contribution is 8.07. The fourth-order valence-electron chi connectivity index (χ4n) is 3.81. The molecule has 0 spiro atoms. The van der Waals surface area contributed by atoms with E-state index in [1.807, 2.05) is 0 Å². The Hall–Kier alpha value is 0.530. The molecular weight excluding hydrogens is 255 g/mol. The summed E-state index contributed by atoms with van der Waals surface area (Å²) in [6, 6.07) is 0. The molecule has 3 unspecified atom stereocenters. The van der Waals surface area contributed by atoms with E-state index in [0.29, 0.717) is 0 Å². The molecule has 0 aromatic carbocycles. The third kappa shape index (κ3) is 2.12. The van der Waals surface area contributed by atoms with Crippen LogP contribution in [0.25, 0.3) is 0 Å². The lowest BCUT2D eigenvalue weighted by atomic mass is 9.70. The minimum absolute atomic E-state index is 0.152. The van der Waals surface area contributed by atoms with E-state index in [1.165, 1.54) is 19.3 Å². The van der Waals surface area contributed by atoms with Crippen LogP contribution in [0.4, 0.5) is 0 Å². The first-order valence-corrected chi connectivity index (χ1v) is 8.73. The molecule has 0 amide bonds. The summed E-state index contributed by atoms with van der Waals surface area (Å²) < 4.78 is 16.7. The largest absolute Gasteiger partial charge is 0.326 e. The van der Waals surface area contributed by atoms with Gasteiger partial charge in [-0.25, -0.2) is 0 Å². The second-order valence-electron chi connectivity index (χ2n) is 6.21. The molecule has 2 rings (SSSR count). The molecule has 2 aliphatic rings. The highest BCUT2D eigenvalue weighted by atomic mass is 32.5. The van der Waals surface area contributed by atoms with Gasteiger partial charge in [0.25, 0.3) is 0 Å². The summed E-state index contributed by atoms with van der Waals surface area (Å²) in [7, 11) is 3.15. The normalized spacial score (nSPS) is 39.8. The van der Waals surface area contributed by atoms with Crippen LogP contribution in [-0.4, -0.2) is 20.3 Å². The number of rotatable bonds is 4. The van der Waals surface area contributed by atoms with Crippen LogP contribution in [0.2, 0.25) is 0 Å². The second kappa shape index (κ2) is 4.28. The fourth-order valence-corrected chi connectivity index (χ4v) is 5.17. The number of fused-ring (bicyclic) bond motifs is 2. The van der Waals surface area contributed by atoms with Gasteiger partial charge < -0.3 is 13.6 Å². The van der Waals surface area contributed by atoms with Crippen molar-refractivity contribution >= 4 is 18.5 Å². The molecule has 0 heterocycles. The first-order valence-electron chi connectivity index (χ1n) is 6.17. The van der Waals surface area contributed by atoms with Crippen molar-refractivity contribution in [3.05, 3.63) is 0 Å². The second-order valence-corrected chi connectivity index (χ2v) is 9.39. The molecule has 3 atom stereocenters. The van der Waals surface area contributed by atoms with Gasteiger partial charge in [-0.3, -0.25) is 0 Å². The van der Waals surface area contributed by atoms with Crippen LogP contribution in [-0.2, 0) is 25.4 Å². The minimum Gasteiger partial charge on any atom is -0.312 e. The smallest absolute Gasteiger partial charge is 0.312 e. The van der Waals surface area contributed by atoms with Gasteiger partial charge in [-0.05, 0) is 47.8 Å². The summed E-state index contributed by atoms with van der Waals surface area (Å²) in [5, 5.41) is 0. The molecule has 0 aliphatic heterocycles. The number of hydrogen-bond acceptors (Lipinski definition) is 4. The van der Waals surface area contributed by atoms with Crippen molar-refractivity contribution in [1.82, 2.24) is 0 Å². The van der Waals surface area contributed by atoms with Crippen molar-refractivity contribution in [3.8, 4) is 0 Å². The average molecular weight is 278 g/mol. The molecule has 3 nitrogen and oxygen atoms in total. The van der Waals surface area contributed by atoms with Crippen molar-refractivity contribution in [1.29, 1.82) is 0 Å². The van der Waals surface area contributed by atoms with Crippen molar-refractivity contribution in [3.63, 3.8) is 0 Å². The summed E-state index contributed by atoms with van der Waals surface area (Å²) in [5.41, 5.74) is 0.420. The Morgan fingerprint density at radius 1 is 1.18 bits per heavy atom. The van der Waals surface area contributed by atoms with E-state index in [-0.39, 0.29) is 16.9 Å². The van der Waals surface area contributed by atoms with Crippen LogP contribution in [0.1, 0.15) is 40.0 Å². The van der Waals surface area contributed by atoms with Crippen molar-refractivity contribution in [2.45, 2.75) is 46.1 Å². The van der Waals surface area contributed by atoms with Gasteiger partial charge in [0.15, 0.2) is 0 Å². The zero-order chi connectivity index (χ0) is 12.9. The van der Waals surface area contributed by atoms with Gasteiger partial charge in [0.1, 0.15) is 0 Å². The van der Waals surface area contributed by atoms with E-state index in [0.717, 1.165) is 5.92 Å². The lowest BCUT2D eigenvalue weighted by Crippen LogP contribution is -2.41. The van der Waals surface area contributed by atoms with E-state index in [2.05, 4.69) is 20.8 Å². The van der Waals surface area contributed by atoms with Gasteiger partial charge in [-0.2, -0.15) is 0 Å². The Morgan fingerprint density at radius 3 is 2.18 bits per heavy atom. The minimum atomic E-state index is -2.55. The molecule has 5 heteroatoms. The quantitative estimate of drug-likeness (QED) is 0.732. The van der Waals surface area contributed by atoms with Crippen molar-refractivity contribution < 1.29 is 13.6 Å². The van der Waals surface area contributed by atoms with Gasteiger partial charge in [0.05, 0.1) is 6.10 Å². The fraction of sp³-hybridized carbons (Fsp3) is 1.00. The zero-order valence-electron chi connectivity index (χ0n) is 11.4. The maximum absolute atomic E-state index is 6.13. The van der Waals surface area contributed by atoms with E-state index >= 15 is 0 Å². The van der Waals surface area contributed by atoms with Gasteiger partial charge >= 0.3 is 6.72 Å². The topological polar surface area (TPSA) is 27.7 Å². The predicted octanol–water partition coefficient (Wildman–Crippen LogP) is 3.74. The number of hydrogen-bond donors (Lipinski definition) is 0. The lowest BCUT2D eigenvalue weighted by Gasteiger charge is -2.43. The highest BCUT2D eigenvalue weighted by Crippen LogP contribution is 2.67. The van der Waals surface area contributed by atoms with Gasteiger partial charge in [-0.1, -0.05) is 20.8 Å². The molecule has 2 saturated carbocycles. The van der Waals surface area contributed by atoms with Crippen LogP contribution in [0.5, 0.6) is 0 Å². The van der Waals surface area contributed by atoms with Gasteiger partial charge in [-0.15, -0.1) is 0 Å². The average Bonchev–Trinajstić information content (AvgIpc) is 2.75. The Kier molecular flexibility index (Phi) is 3.51. The Balaban J connectivity index is 2.23. The summed E-state index contributed by atoms with van der Waals surface area (Å²) in [4.78, 5) is 0. The molecule has 2 aliphatic carbocycles. The van der Waals surface area contributed by atoms with Crippen molar-refractivity contribution in [2.24, 2.45) is 16.7 Å². The molecule has 0 radical (unpaired) electrons. The van der Waals surface area contributed by atoms with Gasteiger partial charge in [0, 0.05) is 14.2 Å². The Labute approximate surface area is 109 Å². The Bertz CT molecular complexity index is 345.